The number of phenolic OH excluding ortho intramolecular Hbond substituents is 1. The summed E-state index contributed by atoms with van der Waals surface area (Å²) in [7, 11) is 1.22. The van der Waals surface area contributed by atoms with E-state index in [1.165, 1.54) is 7.11 Å². The molecule has 0 aliphatic carbocycles. The molecule has 1 unspecified atom stereocenters. The second kappa shape index (κ2) is 5.20. The fraction of sp³-hybridized carbons (Fsp3) is 0.300. The molecule has 0 saturated carbocycles. The first-order valence-electron chi connectivity index (χ1n) is 4.60. The van der Waals surface area contributed by atoms with Crippen molar-refractivity contribution in [3.05, 3.63) is 22.5 Å². The first-order valence-corrected chi connectivity index (χ1v) is 4.98. The van der Waals surface area contributed by atoms with Crippen LogP contribution in [0, 0.1) is 5.82 Å². The minimum Gasteiger partial charge on any atom is -0.504 e. The molecule has 1 aromatic carbocycles. The van der Waals surface area contributed by atoms with E-state index in [0.717, 1.165) is 6.07 Å². The average molecular weight is 264 g/mol. The van der Waals surface area contributed by atoms with Gasteiger partial charge in [-0.05, 0) is 0 Å². The maximum Gasteiger partial charge on any atom is 0.320 e. The Morgan fingerprint density at radius 3 is 2.76 bits per heavy atom. The van der Waals surface area contributed by atoms with Crippen LogP contribution >= 0.6 is 11.6 Å². The van der Waals surface area contributed by atoms with E-state index in [1.807, 2.05) is 0 Å². The Kier molecular flexibility index (Phi) is 4.14. The molecule has 0 aliphatic heterocycles. The zero-order chi connectivity index (χ0) is 13.2. The van der Waals surface area contributed by atoms with Crippen molar-refractivity contribution in [1.29, 1.82) is 0 Å². The zero-order valence-electron chi connectivity index (χ0n) is 8.91. The van der Waals surface area contributed by atoms with Gasteiger partial charge in [-0.25, -0.2) is 4.39 Å². The smallest absolute Gasteiger partial charge is 0.320 e. The van der Waals surface area contributed by atoms with Crippen molar-refractivity contribution in [3.63, 3.8) is 0 Å². The summed E-state index contributed by atoms with van der Waals surface area (Å²) in [5.41, 5.74) is 5.13. The van der Waals surface area contributed by atoms with Gasteiger partial charge in [0.1, 0.15) is 11.9 Å². The summed E-state index contributed by atoms with van der Waals surface area (Å²) >= 11 is 5.53. The van der Waals surface area contributed by atoms with Gasteiger partial charge >= 0.3 is 5.97 Å². The minimum atomic E-state index is -1.31. The van der Waals surface area contributed by atoms with Crippen LogP contribution in [0.2, 0.25) is 5.02 Å². The van der Waals surface area contributed by atoms with Crippen molar-refractivity contribution in [3.8, 4) is 11.5 Å². The molecule has 17 heavy (non-hydrogen) atoms. The minimum absolute atomic E-state index is 0.160. The highest BCUT2D eigenvalue weighted by Crippen LogP contribution is 2.36. The van der Waals surface area contributed by atoms with Crippen LogP contribution < -0.4 is 10.5 Å². The van der Waals surface area contributed by atoms with Crippen molar-refractivity contribution in [2.75, 3.05) is 7.11 Å². The van der Waals surface area contributed by atoms with Gasteiger partial charge in [0.15, 0.2) is 11.5 Å². The summed E-state index contributed by atoms with van der Waals surface area (Å²) in [6, 6.07) is -0.331. The third kappa shape index (κ3) is 2.78. The van der Waals surface area contributed by atoms with E-state index >= 15 is 0 Å². The van der Waals surface area contributed by atoms with Crippen LogP contribution in [0.25, 0.3) is 0 Å². The summed E-state index contributed by atoms with van der Waals surface area (Å²) in [5, 5.41) is 17.8. The van der Waals surface area contributed by atoms with Crippen LogP contribution in [0.3, 0.4) is 0 Å². The Labute approximate surface area is 102 Å². The molecule has 0 fully saturated rings. The summed E-state index contributed by atoms with van der Waals surface area (Å²) in [4.78, 5) is 10.6. The predicted octanol–water partition coefficient (Wildman–Crippen LogP) is 1.15. The molecule has 1 atom stereocenters. The molecule has 94 valence electrons. The predicted molar refractivity (Wildman–Crippen MR) is 58.9 cm³/mol. The fourth-order valence-electron chi connectivity index (χ4n) is 1.36. The first-order chi connectivity index (χ1) is 7.88. The largest absolute Gasteiger partial charge is 0.504 e. The van der Waals surface area contributed by atoms with Gasteiger partial charge in [-0.15, -0.1) is 0 Å². The van der Waals surface area contributed by atoms with E-state index < -0.39 is 17.8 Å². The highest BCUT2D eigenvalue weighted by Gasteiger charge is 2.22. The topological polar surface area (TPSA) is 92.8 Å². The molecule has 5 nitrogen and oxygen atoms in total. The van der Waals surface area contributed by atoms with Crippen LogP contribution in [0.1, 0.15) is 5.56 Å². The molecule has 0 aliphatic rings. The second-order valence-electron chi connectivity index (χ2n) is 3.35. The fourth-order valence-corrected chi connectivity index (χ4v) is 1.58. The average Bonchev–Trinajstić information content (AvgIpc) is 2.25. The molecule has 0 radical (unpaired) electrons. The summed E-state index contributed by atoms with van der Waals surface area (Å²) in [6.45, 7) is 0. The number of hydrogen-bond acceptors (Lipinski definition) is 4. The molecule has 0 heterocycles. The molecule has 0 bridgehead atoms. The molecule has 0 aromatic heterocycles. The monoisotopic (exact) mass is 263 g/mol. The standard InChI is InChI=1S/C10H11ClFNO4/c1-17-9-4(2-6(13)10(15)16)8(12)5(11)3-7(9)14/h3,6,14H,2,13H2,1H3,(H,15,16). The van der Waals surface area contributed by atoms with Gasteiger partial charge in [0.25, 0.3) is 0 Å². The Balaban J connectivity index is 3.25. The lowest BCUT2D eigenvalue weighted by Gasteiger charge is -2.14. The van der Waals surface area contributed by atoms with E-state index in [4.69, 9.17) is 27.2 Å². The molecular formula is C10H11ClFNO4. The molecule has 1 aromatic rings. The highest BCUT2D eigenvalue weighted by atomic mass is 35.5. The number of carboxylic acids is 1. The number of hydrogen-bond donors (Lipinski definition) is 3. The van der Waals surface area contributed by atoms with Crippen LogP contribution in [-0.4, -0.2) is 29.3 Å². The molecule has 0 spiro atoms. The Hall–Kier alpha value is -1.53. The second-order valence-corrected chi connectivity index (χ2v) is 3.76. The van der Waals surface area contributed by atoms with Crippen molar-refractivity contribution >= 4 is 17.6 Å². The maximum absolute atomic E-state index is 13.7. The lowest BCUT2D eigenvalue weighted by atomic mass is 10.0. The summed E-state index contributed by atoms with van der Waals surface area (Å²) < 4.78 is 18.5. The first kappa shape index (κ1) is 13.5. The molecule has 0 amide bonds. The number of halogens is 2. The molecule has 7 heteroatoms. The quantitative estimate of drug-likeness (QED) is 0.758. The number of phenols is 1. The van der Waals surface area contributed by atoms with Gasteiger partial charge in [-0.1, -0.05) is 11.6 Å². The van der Waals surface area contributed by atoms with Gasteiger partial charge in [-0.2, -0.15) is 0 Å². The Morgan fingerprint density at radius 2 is 2.29 bits per heavy atom. The van der Waals surface area contributed by atoms with Crippen molar-refractivity contribution in [2.45, 2.75) is 12.5 Å². The zero-order valence-corrected chi connectivity index (χ0v) is 9.66. The molecule has 0 saturated heterocycles. The number of benzene rings is 1. The highest BCUT2D eigenvalue weighted by molar-refractivity contribution is 6.31. The third-order valence-electron chi connectivity index (χ3n) is 2.19. The summed E-state index contributed by atoms with van der Waals surface area (Å²) in [5.74, 6) is -2.67. The molecule has 1 rings (SSSR count). The van der Waals surface area contributed by atoms with E-state index in [0.29, 0.717) is 0 Å². The van der Waals surface area contributed by atoms with Crippen LogP contribution in [0.5, 0.6) is 11.5 Å². The third-order valence-corrected chi connectivity index (χ3v) is 2.47. The number of methoxy groups -OCH3 is 1. The lowest BCUT2D eigenvalue weighted by molar-refractivity contribution is -0.138. The van der Waals surface area contributed by atoms with E-state index in [-0.39, 0.29) is 28.5 Å². The van der Waals surface area contributed by atoms with Crippen molar-refractivity contribution in [2.24, 2.45) is 5.73 Å². The number of carboxylic acid groups (broad SMARTS) is 1. The van der Waals surface area contributed by atoms with Gasteiger partial charge in [-0.3, -0.25) is 4.79 Å². The number of aromatic hydroxyl groups is 1. The number of rotatable bonds is 4. The van der Waals surface area contributed by atoms with Gasteiger partial charge in [0.2, 0.25) is 0 Å². The van der Waals surface area contributed by atoms with E-state index in [9.17, 15) is 14.3 Å². The number of nitrogens with two attached hydrogens (primary N) is 1. The van der Waals surface area contributed by atoms with Gasteiger partial charge in [0.05, 0.1) is 12.1 Å². The van der Waals surface area contributed by atoms with Crippen LogP contribution in [0.4, 0.5) is 4.39 Å². The van der Waals surface area contributed by atoms with Crippen LogP contribution in [0.15, 0.2) is 6.07 Å². The normalized spacial score (nSPS) is 12.2. The number of aliphatic carboxylic acids is 1. The Morgan fingerprint density at radius 1 is 1.71 bits per heavy atom. The van der Waals surface area contributed by atoms with Crippen molar-refractivity contribution in [1.82, 2.24) is 0 Å². The van der Waals surface area contributed by atoms with Gasteiger partial charge in [0, 0.05) is 18.1 Å². The van der Waals surface area contributed by atoms with Crippen LogP contribution in [-0.2, 0) is 11.2 Å². The SMILES string of the molecule is COc1c(O)cc(Cl)c(F)c1CC(N)C(=O)O. The molecule has 4 N–H and O–H groups in total. The Bertz CT molecular complexity index is 452. The summed E-state index contributed by atoms with van der Waals surface area (Å²) in [6.07, 6.45) is -0.335. The van der Waals surface area contributed by atoms with Crippen molar-refractivity contribution < 1.29 is 24.1 Å². The molecular weight excluding hydrogens is 253 g/mol. The van der Waals surface area contributed by atoms with Gasteiger partial charge < -0.3 is 20.7 Å². The van der Waals surface area contributed by atoms with E-state index in [1.54, 1.807) is 0 Å². The number of ether oxygens (including phenoxy) is 1. The lowest BCUT2D eigenvalue weighted by Crippen LogP contribution is -2.32. The number of carbonyl (C=O) groups is 1. The van der Waals surface area contributed by atoms with E-state index in [2.05, 4.69) is 0 Å². The maximum atomic E-state index is 13.7.